The fourth-order valence-corrected chi connectivity index (χ4v) is 3.14. The van der Waals surface area contributed by atoms with Gasteiger partial charge in [0.2, 0.25) is 5.91 Å². The molecule has 1 atom stereocenters. The number of hydrogen-bond donors (Lipinski definition) is 2. The number of aryl methyl sites for hydroxylation is 1. The van der Waals surface area contributed by atoms with E-state index in [1.54, 1.807) is 11.3 Å². The van der Waals surface area contributed by atoms with Gasteiger partial charge in [0.1, 0.15) is 5.82 Å². The molecule has 1 heterocycles. The van der Waals surface area contributed by atoms with Crippen LogP contribution in [-0.4, -0.2) is 11.9 Å². The SMILES string of the molecule is Cc1ccc(CC(C)NCc2cc(C(N)=O)ccc2F)s1. The van der Waals surface area contributed by atoms with Crippen LogP contribution in [0.25, 0.3) is 0 Å². The molecule has 0 bridgehead atoms. The summed E-state index contributed by atoms with van der Waals surface area (Å²) in [6.45, 7) is 4.51. The summed E-state index contributed by atoms with van der Waals surface area (Å²) in [6.07, 6.45) is 0.898. The van der Waals surface area contributed by atoms with Crippen LogP contribution >= 0.6 is 11.3 Å². The molecule has 1 unspecified atom stereocenters. The van der Waals surface area contributed by atoms with Crippen LogP contribution in [0.3, 0.4) is 0 Å². The maximum atomic E-state index is 13.7. The van der Waals surface area contributed by atoms with Gasteiger partial charge in [-0.25, -0.2) is 4.39 Å². The largest absolute Gasteiger partial charge is 0.366 e. The zero-order chi connectivity index (χ0) is 15.4. The third kappa shape index (κ3) is 4.37. The number of halogens is 1. The van der Waals surface area contributed by atoms with E-state index in [0.29, 0.717) is 17.7 Å². The van der Waals surface area contributed by atoms with Gasteiger partial charge in [-0.15, -0.1) is 11.3 Å². The minimum atomic E-state index is -0.543. The monoisotopic (exact) mass is 306 g/mol. The predicted octanol–water partition coefficient (Wildman–Crippen LogP) is 3.02. The van der Waals surface area contributed by atoms with Crippen LogP contribution < -0.4 is 11.1 Å². The zero-order valence-electron chi connectivity index (χ0n) is 12.2. The molecule has 5 heteroatoms. The van der Waals surface area contributed by atoms with E-state index in [4.69, 9.17) is 5.73 Å². The van der Waals surface area contributed by atoms with Gasteiger partial charge >= 0.3 is 0 Å². The van der Waals surface area contributed by atoms with Crippen LogP contribution in [0.15, 0.2) is 30.3 Å². The van der Waals surface area contributed by atoms with E-state index in [-0.39, 0.29) is 11.9 Å². The van der Waals surface area contributed by atoms with E-state index in [1.165, 1.54) is 28.0 Å². The minimum Gasteiger partial charge on any atom is -0.366 e. The fourth-order valence-electron chi connectivity index (χ4n) is 2.12. The number of carbonyl (C=O) groups excluding carboxylic acids is 1. The van der Waals surface area contributed by atoms with Gasteiger partial charge in [0.05, 0.1) is 0 Å². The van der Waals surface area contributed by atoms with Crippen molar-refractivity contribution in [1.29, 1.82) is 0 Å². The van der Waals surface area contributed by atoms with Crippen molar-refractivity contribution < 1.29 is 9.18 Å². The highest BCUT2D eigenvalue weighted by Crippen LogP contribution is 2.17. The van der Waals surface area contributed by atoms with Crippen LogP contribution in [0.5, 0.6) is 0 Å². The molecule has 0 aliphatic carbocycles. The Hall–Kier alpha value is -1.72. The molecule has 2 aromatic rings. The van der Waals surface area contributed by atoms with Gasteiger partial charge in [0.25, 0.3) is 0 Å². The predicted molar refractivity (Wildman–Crippen MR) is 84.0 cm³/mol. The number of thiophene rings is 1. The molecular formula is C16H19FN2OS. The van der Waals surface area contributed by atoms with Gasteiger partial charge in [-0.2, -0.15) is 0 Å². The molecule has 0 radical (unpaired) electrons. The third-order valence-corrected chi connectivity index (χ3v) is 4.30. The van der Waals surface area contributed by atoms with Crippen molar-refractivity contribution in [3.63, 3.8) is 0 Å². The lowest BCUT2D eigenvalue weighted by Crippen LogP contribution is -2.27. The van der Waals surface area contributed by atoms with Crippen LogP contribution in [0.2, 0.25) is 0 Å². The van der Waals surface area contributed by atoms with E-state index in [9.17, 15) is 9.18 Å². The van der Waals surface area contributed by atoms with Crippen molar-refractivity contribution in [2.24, 2.45) is 5.73 Å². The molecule has 0 fully saturated rings. The molecule has 0 spiro atoms. The molecule has 3 nitrogen and oxygen atoms in total. The topological polar surface area (TPSA) is 55.1 Å². The molecule has 112 valence electrons. The van der Waals surface area contributed by atoms with Crippen molar-refractivity contribution in [3.8, 4) is 0 Å². The highest BCUT2D eigenvalue weighted by molar-refractivity contribution is 7.11. The Morgan fingerprint density at radius 2 is 2.14 bits per heavy atom. The second kappa shape index (κ2) is 6.83. The minimum absolute atomic E-state index is 0.222. The molecule has 1 aromatic carbocycles. The summed E-state index contributed by atoms with van der Waals surface area (Å²) in [4.78, 5) is 13.7. The van der Waals surface area contributed by atoms with E-state index < -0.39 is 5.91 Å². The molecule has 0 aliphatic heterocycles. The summed E-state index contributed by atoms with van der Waals surface area (Å²) in [7, 11) is 0. The summed E-state index contributed by atoms with van der Waals surface area (Å²) in [5.74, 6) is -0.870. The van der Waals surface area contributed by atoms with Crippen LogP contribution in [-0.2, 0) is 13.0 Å². The first-order valence-corrected chi connectivity index (χ1v) is 7.64. The number of carbonyl (C=O) groups is 1. The lowest BCUT2D eigenvalue weighted by atomic mass is 10.1. The molecule has 1 aromatic heterocycles. The number of nitrogens with one attached hydrogen (secondary N) is 1. The third-order valence-electron chi connectivity index (χ3n) is 3.27. The molecule has 0 aliphatic rings. The van der Waals surface area contributed by atoms with Gasteiger partial charge in [-0.3, -0.25) is 4.79 Å². The summed E-state index contributed by atoms with van der Waals surface area (Å²) in [5.41, 5.74) is 6.00. The van der Waals surface area contributed by atoms with Crippen molar-refractivity contribution in [3.05, 3.63) is 57.0 Å². The Morgan fingerprint density at radius 1 is 1.38 bits per heavy atom. The fraction of sp³-hybridized carbons (Fsp3) is 0.312. The smallest absolute Gasteiger partial charge is 0.248 e. The average Bonchev–Trinajstić information content (AvgIpc) is 2.82. The highest BCUT2D eigenvalue weighted by Gasteiger charge is 2.09. The molecular weight excluding hydrogens is 287 g/mol. The maximum absolute atomic E-state index is 13.7. The number of primary amides is 1. The average molecular weight is 306 g/mol. The summed E-state index contributed by atoms with van der Waals surface area (Å²) in [6, 6.07) is 8.63. The van der Waals surface area contributed by atoms with Gasteiger partial charge < -0.3 is 11.1 Å². The van der Waals surface area contributed by atoms with Crippen LogP contribution in [0.1, 0.15) is 32.6 Å². The first-order chi connectivity index (χ1) is 9.95. The number of amides is 1. The lowest BCUT2D eigenvalue weighted by Gasteiger charge is -2.13. The Bertz CT molecular complexity index is 639. The van der Waals surface area contributed by atoms with Gasteiger partial charge in [-0.1, -0.05) is 0 Å². The molecule has 0 saturated heterocycles. The number of hydrogen-bond acceptors (Lipinski definition) is 3. The van der Waals surface area contributed by atoms with Crippen molar-refractivity contribution in [1.82, 2.24) is 5.32 Å². The quantitative estimate of drug-likeness (QED) is 0.862. The van der Waals surface area contributed by atoms with E-state index in [0.717, 1.165) is 6.42 Å². The number of nitrogens with two attached hydrogens (primary N) is 1. The Balaban J connectivity index is 1.95. The summed E-state index contributed by atoms with van der Waals surface area (Å²) < 4.78 is 13.7. The lowest BCUT2D eigenvalue weighted by molar-refractivity contribution is 0.1000. The van der Waals surface area contributed by atoms with Crippen LogP contribution in [0.4, 0.5) is 4.39 Å². The molecule has 2 rings (SSSR count). The normalized spacial score (nSPS) is 12.3. The molecule has 0 saturated carbocycles. The van der Waals surface area contributed by atoms with Gasteiger partial charge in [-0.05, 0) is 50.6 Å². The van der Waals surface area contributed by atoms with Crippen molar-refractivity contribution >= 4 is 17.2 Å². The van der Waals surface area contributed by atoms with Gasteiger partial charge in [0, 0.05) is 33.5 Å². The van der Waals surface area contributed by atoms with E-state index >= 15 is 0 Å². The Labute approximate surface area is 128 Å². The van der Waals surface area contributed by atoms with Crippen LogP contribution in [0, 0.1) is 12.7 Å². The Kier molecular flexibility index (Phi) is 5.09. The maximum Gasteiger partial charge on any atom is 0.248 e. The van der Waals surface area contributed by atoms with Gasteiger partial charge in [0.15, 0.2) is 0 Å². The Morgan fingerprint density at radius 3 is 2.76 bits per heavy atom. The van der Waals surface area contributed by atoms with E-state index in [1.807, 2.05) is 0 Å². The molecule has 1 amide bonds. The summed E-state index contributed by atoms with van der Waals surface area (Å²) >= 11 is 1.77. The zero-order valence-corrected chi connectivity index (χ0v) is 13.0. The molecule has 21 heavy (non-hydrogen) atoms. The number of rotatable bonds is 6. The van der Waals surface area contributed by atoms with E-state index in [2.05, 4.69) is 31.3 Å². The second-order valence-electron chi connectivity index (χ2n) is 5.17. The highest BCUT2D eigenvalue weighted by atomic mass is 32.1. The molecule has 3 N–H and O–H groups in total. The summed E-state index contributed by atoms with van der Waals surface area (Å²) in [5, 5.41) is 3.28. The first kappa shape index (κ1) is 15.7. The second-order valence-corrected chi connectivity index (χ2v) is 6.54. The first-order valence-electron chi connectivity index (χ1n) is 6.82. The van der Waals surface area contributed by atoms with Crippen molar-refractivity contribution in [2.75, 3.05) is 0 Å². The standard InChI is InChI=1S/C16H19FN2OS/c1-10(7-14-5-3-11(2)21-14)19-9-13-8-12(16(18)20)4-6-15(13)17/h3-6,8,10,19H,7,9H2,1-2H3,(H2,18,20). The number of benzene rings is 1. The van der Waals surface area contributed by atoms with Crippen molar-refractivity contribution in [2.45, 2.75) is 32.9 Å².